The van der Waals surface area contributed by atoms with Crippen LogP contribution in [0.4, 0.5) is 5.69 Å². The van der Waals surface area contributed by atoms with Crippen molar-refractivity contribution >= 4 is 17.3 Å². The van der Waals surface area contributed by atoms with E-state index in [2.05, 4.69) is 10.4 Å². The third-order valence-electron chi connectivity index (χ3n) is 3.75. The van der Waals surface area contributed by atoms with Gasteiger partial charge in [0.25, 0.3) is 5.56 Å². The molecule has 20 heavy (non-hydrogen) atoms. The van der Waals surface area contributed by atoms with Gasteiger partial charge in [0.05, 0.1) is 30.1 Å². The molecule has 1 aliphatic carbocycles. The minimum Gasteiger partial charge on any atom is -0.391 e. The Bertz CT molecular complexity index is 516. The fourth-order valence-electron chi connectivity index (χ4n) is 2.57. The molecule has 0 aromatic carbocycles. The van der Waals surface area contributed by atoms with Gasteiger partial charge in [0.2, 0.25) is 0 Å². The number of anilines is 1. The summed E-state index contributed by atoms with van der Waals surface area (Å²) >= 11 is 6.13. The van der Waals surface area contributed by atoms with Crippen molar-refractivity contribution in [3.8, 4) is 0 Å². The van der Waals surface area contributed by atoms with E-state index in [4.69, 9.17) is 11.6 Å². The number of hydrogen-bond acceptors (Lipinski definition) is 4. The number of nitrogens with zero attached hydrogens (tertiary/aromatic N) is 2. The normalized spacial score (nSPS) is 23.6. The molecule has 112 valence electrons. The molecule has 1 fully saturated rings. The summed E-state index contributed by atoms with van der Waals surface area (Å²) in [6, 6.07) is -0.0939. The highest BCUT2D eigenvalue weighted by Gasteiger charge is 2.23. The van der Waals surface area contributed by atoms with Crippen molar-refractivity contribution in [3.63, 3.8) is 0 Å². The van der Waals surface area contributed by atoms with Crippen LogP contribution in [0.1, 0.15) is 52.0 Å². The van der Waals surface area contributed by atoms with E-state index in [1.165, 1.54) is 4.68 Å². The highest BCUT2D eigenvalue weighted by atomic mass is 35.5. The summed E-state index contributed by atoms with van der Waals surface area (Å²) in [4.78, 5) is 12.1. The molecule has 2 N–H and O–H groups in total. The Morgan fingerprint density at radius 2 is 2.10 bits per heavy atom. The van der Waals surface area contributed by atoms with Gasteiger partial charge in [0, 0.05) is 0 Å². The van der Waals surface area contributed by atoms with Crippen molar-refractivity contribution < 1.29 is 5.11 Å². The number of aliphatic hydroxyl groups excluding tert-OH is 1. The lowest BCUT2D eigenvalue weighted by Gasteiger charge is -2.23. The van der Waals surface area contributed by atoms with Crippen molar-refractivity contribution in [3.05, 3.63) is 21.6 Å². The maximum atomic E-state index is 12.1. The average Bonchev–Trinajstić information content (AvgIpc) is 2.60. The Hall–Kier alpha value is -1.07. The second-order valence-electron chi connectivity index (χ2n) is 5.67. The van der Waals surface area contributed by atoms with Gasteiger partial charge in [0.15, 0.2) is 0 Å². The number of nitrogens with one attached hydrogen (secondary N) is 1. The van der Waals surface area contributed by atoms with E-state index in [9.17, 15) is 9.90 Å². The van der Waals surface area contributed by atoms with Gasteiger partial charge in [-0.05, 0) is 26.7 Å². The molecule has 1 saturated carbocycles. The zero-order chi connectivity index (χ0) is 14.7. The zero-order valence-electron chi connectivity index (χ0n) is 12.0. The van der Waals surface area contributed by atoms with Crippen LogP contribution in [0.5, 0.6) is 0 Å². The second kappa shape index (κ2) is 6.59. The number of hydrogen-bond donors (Lipinski definition) is 2. The first-order valence-corrected chi connectivity index (χ1v) is 7.60. The van der Waals surface area contributed by atoms with Crippen LogP contribution in [-0.4, -0.2) is 27.0 Å². The molecule has 0 bridgehead atoms. The lowest BCUT2D eigenvalue weighted by molar-refractivity contribution is 0.144. The molecule has 0 aliphatic heterocycles. The van der Waals surface area contributed by atoms with Crippen LogP contribution in [0.25, 0.3) is 0 Å². The van der Waals surface area contributed by atoms with Gasteiger partial charge in [-0.15, -0.1) is 0 Å². The molecule has 1 heterocycles. The van der Waals surface area contributed by atoms with E-state index < -0.39 is 6.10 Å². The van der Waals surface area contributed by atoms with E-state index in [0.717, 1.165) is 32.1 Å². The fourth-order valence-corrected chi connectivity index (χ4v) is 2.76. The van der Waals surface area contributed by atoms with Crippen LogP contribution in [0.2, 0.25) is 5.02 Å². The molecular weight excluding hydrogens is 278 g/mol. The molecule has 6 heteroatoms. The van der Waals surface area contributed by atoms with Crippen molar-refractivity contribution in [1.82, 2.24) is 9.78 Å². The highest BCUT2D eigenvalue weighted by molar-refractivity contribution is 6.32. The lowest BCUT2D eigenvalue weighted by Crippen LogP contribution is -2.34. The molecule has 2 rings (SSSR count). The third-order valence-corrected chi connectivity index (χ3v) is 4.12. The Labute approximate surface area is 124 Å². The van der Waals surface area contributed by atoms with Crippen molar-refractivity contribution in [2.24, 2.45) is 0 Å². The summed E-state index contributed by atoms with van der Waals surface area (Å²) in [5.41, 5.74) is 0.217. The number of aromatic nitrogens is 2. The Kier molecular flexibility index (Phi) is 5.05. The minimum absolute atomic E-state index is 0.0301. The van der Waals surface area contributed by atoms with Crippen molar-refractivity contribution in [2.75, 3.05) is 5.32 Å². The predicted molar refractivity (Wildman–Crippen MR) is 80.4 cm³/mol. The van der Waals surface area contributed by atoms with Crippen LogP contribution in [-0.2, 0) is 0 Å². The number of halogens is 1. The van der Waals surface area contributed by atoms with E-state index in [1.807, 2.05) is 13.8 Å². The van der Waals surface area contributed by atoms with Gasteiger partial charge >= 0.3 is 0 Å². The SMILES string of the molecule is CC(C)n1ncc(NC2CCCCCC2O)c(Cl)c1=O. The minimum atomic E-state index is -0.402. The standard InChI is InChI=1S/C14H22ClN3O2/c1-9(2)18-14(20)13(15)11(8-16-18)17-10-6-4-3-5-7-12(10)19/h8-10,12,17,19H,3-7H2,1-2H3. The highest BCUT2D eigenvalue weighted by Crippen LogP contribution is 2.24. The Morgan fingerprint density at radius 1 is 1.40 bits per heavy atom. The largest absolute Gasteiger partial charge is 0.391 e. The van der Waals surface area contributed by atoms with E-state index in [-0.39, 0.29) is 22.7 Å². The van der Waals surface area contributed by atoms with Crippen LogP contribution in [0.3, 0.4) is 0 Å². The van der Waals surface area contributed by atoms with Crippen molar-refractivity contribution in [1.29, 1.82) is 0 Å². The van der Waals surface area contributed by atoms with Crippen LogP contribution in [0, 0.1) is 0 Å². The molecule has 1 aliphatic rings. The van der Waals surface area contributed by atoms with Gasteiger partial charge in [0.1, 0.15) is 5.02 Å². The monoisotopic (exact) mass is 299 g/mol. The summed E-state index contributed by atoms with van der Waals surface area (Å²) in [7, 11) is 0. The summed E-state index contributed by atoms with van der Waals surface area (Å²) in [5.74, 6) is 0. The van der Waals surface area contributed by atoms with E-state index >= 15 is 0 Å². The van der Waals surface area contributed by atoms with Gasteiger partial charge < -0.3 is 10.4 Å². The molecule has 2 unspecified atom stereocenters. The van der Waals surface area contributed by atoms with E-state index in [1.54, 1.807) is 6.20 Å². The van der Waals surface area contributed by atoms with Crippen molar-refractivity contribution in [2.45, 2.75) is 64.1 Å². The topological polar surface area (TPSA) is 67.2 Å². The Morgan fingerprint density at radius 3 is 2.80 bits per heavy atom. The molecule has 0 saturated heterocycles. The smallest absolute Gasteiger partial charge is 0.287 e. The van der Waals surface area contributed by atoms with Gasteiger partial charge in [-0.25, -0.2) is 4.68 Å². The first-order chi connectivity index (χ1) is 9.50. The Balaban J connectivity index is 2.21. The molecule has 0 amide bonds. The summed E-state index contributed by atoms with van der Waals surface area (Å²) in [5, 5.41) is 17.6. The molecule has 0 spiro atoms. The van der Waals surface area contributed by atoms with Gasteiger partial charge in [-0.2, -0.15) is 5.10 Å². The lowest BCUT2D eigenvalue weighted by atomic mass is 10.1. The maximum Gasteiger partial charge on any atom is 0.287 e. The molecular formula is C14H22ClN3O2. The summed E-state index contributed by atoms with van der Waals surface area (Å²) in [6.07, 6.45) is 6.08. The van der Waals surface area contributed by atoms with Crippen LogP contribution < -0.4 is 10.9 Å². The van der Waals surface area contributed by atoms with Crippen LogP contribution >= 0.6 is 11.6 Å². The average molecular weight is 300 g/mol. The zero-order valence-corrected chi connectivity index (χ0v) is 12.7. The molecule has 1 aromatic rings. The maximum absolute atomic E-state index is 12.1. The molecule has 1 aromatic heterocycles. The van der Waals surface area contributed by atoms with E-state index in [0.29, 0.717) is 5.69 Å². The summed E-state index contributed by atoms with van der Waals surface area (Å²) in [6.45, 7) is 3.76. The first kappa shape index (κ1) is 15.3. The number of rotatable bonds is 3. The fraction of sp³-hybridized carbons (Fsp3) is 0.714. The first-order valence-electron chi connectivity index (χ1n) is 7.22. The third kappa shape index (κ3) is 3.33. The van der Waals surface area contributed by atoms with Crippen LogP contribution in [0.15, 0.2) is 11.0 Å². The molecule has 5 nitrogen and oxygen atoms in total. The molecule has 2 atom stereocenters. The quantitative estimate of drug-likeness (QED) is 0.842. The predicted octanol–water partition coefficient (Wildman–Crippen LogP) is 2.58. The van der Waals surface area contributed by atoms with Gasteiger partial charge in [-0.3, -0.25) is 4.79 Å². The molecule has 0 radical (unpaired) electrons. The van der Waals surface area contributed by atoms with Gasteiger partial charge in [-0.1, -0.05) is 30.9 Å². The summed E-state index contributed by atoms with van der Waals surface area (Å²) < 4.78 is 1.36. The second-order valence-corrected chi connectivity index (χ2v) is 6.05. The number of aliphatic hydroxyl groups is 1.